The summed E-state index contributed by atoms with van der Waals surface area (Å²) in [5.41, 5.74) is 2.69. The van der Waals surface area contributed by atoms with Gasteiger partial charge in [0.1, 0.15) is 11.4 Å². The van der Waals surface area contributed by atoms with Crippen LogP contribution in [0.15, 0.2) is 70.0 Å². The molecule has 13 heteroatoms. The van der Waals surface area contributed by atoms with Gasteiger partial charge in [0.25, 0.3) is 15.7 Å². The zero-order chi connectivity index (χ0) is 24.7. The van der Waals surface area contributed by atoms with Crippen LogP contribution in [0.4, 0.5) is 17.1 Å². The molecule has 0 aliphatic carbocycles. The molecule has 0 fully saturated rings. The molecule has 0 amide bonds. The molecule has 1 aromatic heterocycles. The molecule has 2 aromatic carbocycles. The van der Waals surface area contributed by atoms with E-state index < -0.39 is 26.6 Å². The highest BCUT2D eigenvalue weighted by Crippen LogP contribution is 2.29. The number of aliphatic carboxylic acids is 1. The molecule has 0 aliphatic heterocycles. The van der Waals surface area contributed by atoms with E-state index in [1.54, 1.807) is 29.6 Å². The highest BCUT2D eigenvalue weighted by atomic mass is 32.2. The number of nitrogens with zero attached hydrogens (tertiary/aromatic N) is 2. The lowest BCUT2D eigenvalue weighted by Gasteiger charge is -2.10. The number of benzene rings is 2. The number of carboxylic acid groups (broad SMARTS) is 1. The summed E-state index contributed by atoms with van der Waals surface area (Å²) in [4.78, 5) is 22.3. The van der Waals surface area contributed by atoms with Crippen molar-refractivity contribution in [3.63, 3.8) is 0 Å². The predicted octanol–water partition coefficient (Wildman–Crippen LogP) is 4.15. The van der Waals surface area contributed by atoms with Crippen molar-refractivity contribution >= 4 is 50.1 Å². The third kappa shape index (κ3) is 6.30. The summed E-state index contributed by atoms with van der Waals surface area (Å²) >= 11 is 1.34. The fourth-order valence-electron chi connectivity index (χ4n) is 2.83. The largest absolute Gasteiger partial charge is 0.497 e. The van der Waals surface area contributed by atoms with Crippen molar-refractivity contribution in [1.82, 2.24) is 0 Å². The van der Waals surface area contributed by atoms with Crippen LogP contribution in [0.25, 0.3) is 0 Å². The SMILES string of the molecule is COc1ccc(NS(=O)(=O)c2ccc(N/N=C(\CCC(=O)O)c3cccs3)c([N+](=O)[O-])c2)cc1. The summed E-state index contributed by atoms with van der Waals surface area (Å²) in [5.74, 6) is -0.464. The van der Waals surface area contributed by atoms with Gasteiger partial charge in [-0.3, -0.25) is 25.1 Å². The van der Waals surface area contributed by atoms with E-state index in [9.17, 15) is 23.3 Å². The van der Waals surface area contributed by atoms with E-state index in [0.717, 1.165) is 6.07 Å². The minimum absolute atomic E-state index is 0.0437. The molecule has 3 rings (SSSR count). The van der Waals surface area contributed by atoms with Gasteiger partial charge in [-0.25, -0.2) is 8.42 Å². The fourth-order valence-corrected chi connectivity index (χ4v) is 4.65. The van der Waals surface area contributed by atoms with Gasteiger partial charge in [0, 0.05) is 18.2 Å². The normalized spacial score (nSPS) is 11.6. The minimum atomic E-state index is -4.11. The first kappa shape index (κ1) is 24.7. The van der Waals surface area contributed by atoms with Gasteiger partial charge < -0.3 is 9.84 Å². The molecular weight excluding hydrogens is 484 g/mol. The Morgan fingerprint density at radius 3 is 2.50 bits per heavy atom. The third-order valence-electron chi connectivity index (χ3n) is 4.51. The lowest BCUT2D eigenvalue weighted by atomic mass is 10.2. The average molecular weight is 505 g/mol. The summed E-state index contributed by atoms with van der Waals surface area (Å²) in [6.07, 6.45) is -0.0659. The van der Waals surface area contributed by atoms with E-state index in [1.807, 2.05) is 0 Å². The number of thiophene rings is 1. The number of rotatable bonds is 11. The molecule has 0 radical (unpaired) electrons. The summed E-state index contributed by atoms with van der Waals surface area (Å²) in [7, 11) is -2.63. The number of nitrogens with one attached hydrogen (secondary N) is 2. The second-order valence-corrected chi connectivity index (χ2v) is 9.44. The van der Waals surface area contributed by atoms with Crippen molar-refractivity contribution in [2.75, 3.05) is 17.3 Å². The van der Waals surface area contributed by atoms with Crippen LogP contribution in [0.1, 0.15) is 17.7 Å². The Labute approximate surface area is 198 Å². The molecule has 0 aliphatic rings. The van der Waals surface area contributed by atoms with Gasteiger partial charge in [-0.1, -0.05) is 6.07 Å². The molecule has 3 N–H and O–H groups in total. The monoisotopic (exact) mass is 504 g/mol. The molecule has 0 atom stereocenters. The number of hydrazone groups is 1. The summed E-state index contributed by atoms with van der Waals surface area (Å²) in [5, 5.41) is 26.6. The number of methoxy groups -OCH3 is 1. The van der Waals surface area contributed by atoms with Crippen LogP contribution in [0.3, 0.4) is 0 Å². The number of ether oxygens (including phenoxy) is 1. The van der Waals surface area contributed by atoms with Crippen LogP contribution in [-0.2, 0) is 14.8 Å². The zero-order valence-electron chi connectivity index (χ0n) is 17.8. The Morgan fingerprint density at radius 1 is 1.18 bits per heavy atom. The number of carboxylic acids is 1. The second-order valence-electron chi connectivity index (χ2n) is 6.81. The highest BCUT2D eigenvalue weighted by molar-refractivity contribution is 7.92. The Bertz CT molecular complexity index is 1310. The number of sulfonamides is 1. The molecule has 0 saturated heterocycles. The Morgan fingerprint density at radius 2 is 1.91 bits per heavy atom. The molecular formula is C21H20N4O7S2. The Balaban J connectivity index is 1.87. The van der Waals surface area contributed by atoms with E-state index in [0.29, 0.717) is 16.3 Å². The molecule has 1 heterocycles. The van der Waals surface area contributed by atoms with Crippen LogP contribution >= 0.6 is 11.3 Å². The maximum absolute atomic E-state index is 12.7. The van der Waals surface area contributed by atoms with Gasteiger partial charge in [0.05, 0.1) is 33.9 Å². The molecule has 3 aromatic rings. The van der Waals surface area contributed by atoms with Crippen molar-refractivity contribution in [2.45, 2.75) is 17.7 Å². The maximum atomic E-state index is 12.7. The first-order valence-electron chi connectivity index (χ1n) is 9.73. The van der Waals surface area contributed by atoms with E-state index >= 15 is 0 Å². The number of nitro groups is 1. The molecule has 11 nitrogen and oxygen atoms in total. The van der Waals surface area contributed by atoms with Crippen LogP contribution in [-0.4, -0.2) is 37.2 Å². The van der Waals surface area contributed by atoms with E-state index in [-0.39, 0.29) is 29.1 Å². The van der Waals surface area contributed by atoms with Crippen LogP contribution in [0.5, 0.6) is 5.75 Å². The summed E-state index contributed by atoms with van der Waals surface area (Å²) in [6, 6.07) is 13.0. The van der Waals surface area contributed by atoms with Gasteiger partial charge in [-0.15, -0.1) is 11.3 Å². The van der Waals surface area contributed by atoms with Gasteiger partial charge >= 0.3 is 5.97 Å². The van der Waals surface area contributed by atoms with Crippen molar-refractivity contribution in [3.8, 4) is 5.75 Å². The van der Waals surface area contributed by atoms with Gasteiger partial charge in [0.15, 0.2) is 0 Å². The molecule has 34 heavy (non-hydrogen) atoms. The third-order valence-corrected chi connectivity index (χ3v) is 6.81. The van der Waals surface area contributed by atoms with E-state index in [4.69, 9.17) is 9.84 Å². The summed E-state index contributed by atoms with van der Waals surface area (Å²) < 4.78 is 32.9. The smallest absolute Gasteiger partial charge is 0.303 e. The average Bonchev–Trinajstić information content (AvgIpc) is 3.34. The fraction of sp³-hybridized carbons (Fsp3) is 0.143. The van der Waals surface area contributed by atoms with E-state index in [2.05, 4.69) is 15.2 Å². The van der Waals surface area contributed by atoms with Gasteiger partial charge in [-0.05, 0) is 47.8 Å². The molecule has 0 spiro atoms. The molecule has 0 bridgehead atoms. The quantitative estimate of drug-likeness (QED) is 0.199. The molecule has 178 valence electrons. The zero-order valence-corrected chi connectivity index (χ0v) is 19.4. The Hall–Kier alpha value is -3.97. The van der Waals surface area contributed by atoms with Gasteiger partial charge in [0.2, 0.25) is 0 Å². The maximum Gasteiger partial charge on any atom is 0.303 e. The molecule has 0 unspecified atom stereocenters. The van der Waals surface area contributed by atoms with Gasteiger partial charge in [-0.2, -0.15) is 5.10 Å². The second kappa shape index (κ2) is 10.8. The number of hydrogen-bond donors (Lipinski definition) is 3. The van der Waals surface area contributed by atoms with E-state index in [1.165, 1.54) is 42.7 Å². The van der Waals surface area contributed by atoms with Crippen molar-refractivity contribution in [2.24, 2.45) is 5.10 Å². The number of carbonyl (C=O) groups is 1. The number of nitro benzene ring substituents is 1. The highest BCUT2D eigenvalue weighted by Gasteiger charge is 2.22. The summed E-state index contributed by atoms with van der Waals surface area (Å²) in [6.45, 7) is 0. The van der Waals surface area contributed by atoms with Crippen LogP contribution in [0, 0.1) is 10.1 Å². The standard InChI is InChI=1S/C21H20N4O7S2/c1-32-15-6-4-14(5-7-15)24-34(30,31)16-8-9-17(19(13-16)25(28)29)22-23-18(10-11-21(26)27)20-3-2-12-33-20/h2-9,12-13,22,24H,10-11H2,1H3,(H,26,27)/b23-18+. The number of hydrogen-bond acceptors (Lipinski definition) is 9. The van der Waals surface area contributed by atoms with Crippen LogP contribution < -0.4 is 14.9 Å². The van der Waals surface area contributed by atoms with Crippen LogP contribution in [0.2, 0.25) is 0 Å². The van der Waals surface area contributed by atoms with Crippen molar-refractivity contribution < 1.29 is 28.0 Å². The number of anilines is 2. The lowest BCUT2D eigenvalue weighted by molar-refractivity contribution is -0.384. The minimum Gasteiger partial charge on any atom is -0.497 e. The van der Waals surface area contributed by atoms with Crippen molar-refractivity contribution in [3.05, 3.63) is 75.0 Å². The first-order chi connectivity index (χ1) is 16.2. The topological polar surface area (TPSA) is 160 Å². The van der Waals surface area contributed by atoms with Crippen molar-refractivity contribution in [1.29, 1.82) is 0 Å². The molecule has 0 saturated carbocycles. The first-order valence-corrected chi connectivity index (χ1v) is 12.1. The Kier molecular flexibility index (Phi) is 7.81. The lowest BCUT2D eigenvalue weighted by Crippen LogP contribution is -2.13. The predicted molar refractivity (Wildman–Crippen MR) is 128 cm³/mol.